The van der Waals surface area contributed by atoms with E-state index < -0.39 is 6.10 Å². The van der Waals surface area contributed by atoms with E-state index in [1.165, 1.54) is 0 Å². The highest BCUT2D eigenvalue weighted by Crippen LogP contribution is 2.25. The first-order valence-electron chi connectivity index (χ1n) is 11.5. The van der Waals surface area contributed by atoms with Crippen LogP contribution in [0.4, 0.5) is 0 Å². The Bertz CT molecular complexity index is 1250. The monoisotopic (exact) mass is 479 g/mol. The number of aliphatic hydroxyl groups is 1. The number of piperazine rings is 1. The van der Waals surface area contributed by atoms with Gasteiger partial charge >= 0.3 is 0 Å². The molecule has 8 nitrogen and oxygen atoms in total. The van der Waals surface area contributed by atoms with Crippen molar-refractivity contribution in [2.45, 2.75) is 26.5 Å². The van der Waals surface area contributed by atoms with Gasteiger partial charge in [0.05, 0.1) is 21.8 Å². The lowest BCUT2D eigenvalue weighted by atomic mass is 10.1. The van der Waals surface area contributed by atoms with E-state index in [-0.39, 0.29) is 6.61 Å². The van der Waals surface area contributed by atoms with E-state index >= 15 is 0 Å². The van der Waals surface area contributed by atoms with Crippen molar-refractivity contribution in [1.82, 2.24) is 24.9 Å². The van der Waals surface area contributed by atoms with Gasteiger partial charge in [-0.15, -0.1) is 11.3 Å². The van der Waals surface area contributed by atoms with Gasteiger partial charge in [-0.25, -0.2) is 4.98 Å². The van der Waals surface area contributed by atoms with Gasteiger partial charge in [-0.2, -0.15) is 4.98 Å². The Balaban J connectivity index is 1.06. The summed E-state index contributed by atoms with van der Waals surface area (Å²) in [5.74, 6) is 2.00. The second-order valence-electron chi connectivity index (χ2n) is 8.79. The summed E-state index contributed by atoms with van der Waals surface area (Å²) in [6.45, 7) is 9.10. The van der Waals surface area contributed by atoms with E-state index in [0.717, 1.165) is 58.3 Å². The summed E-state index contributed by atoms with van der Waals surface area (Å²) in [4.78, 5) is 13.6. The van der Waals surface area contributed by atoms with Gasteiger partial charge in [0.15, 0.2) is 5.82 Å². The van der Waals surface area contributed by atoms with E-state index in [0.29, 0.717) is 24.8 Å². The third kappa shape index (κ3) is 5.61. The van der Waals surface area contributed by atoms with Crippen molar-refractivity contribution in [3.63, 3.8) is 0 Å². The van der Waals surface area contributed by atoms with Gasteiger partial charge in [-0.1, -0.05) is 22.9 Å². The molecule has 3 heterocycles. The molecule has 1 N–H and O–H groups in total. The average Bonchev–Trinajstić information content (AvgIpc) is 3.44. The smallest absolute Gasteiger partial charge is 0.257 e. The van der Waals surface area contributed by atoms with Crippen LogP contribution in [0.2, 0.25) is 0 Å². The molecular formula is C25H29N5O3S. The topological polar surface area (TPSA) is 87.8 Å². The minimum Gasteiger partial charge on any atom is -0.491 e. The molecule has 1 fully saturated rings. The SMILES string of the molecule is Cc1cccc(-c2nc(CN3CCN(C[C@@H](O)COc4ccc5sc(C)nc5c4)CC3)no2)c1. The van der Waals surface area contributed by atoms with Gasteiger partial charge in [-0.05, 0) is 38.1 Å². The molecule has 1 aliphatic heterocycles. The first kappa shape index (κ1) is 22.9. The van der Waals surface area contributed by atoms with E-state index in [4.69, 9.17) is 9.26 Å². The Hall–Kier alpha value is -2.85. The number of aliphatic hydroxyl groups excluding tert-OH is 1. The number of benzene rings is 2. The molecule has 1 saturated heterocycles. The van der Waals surface area contributed by atoms with Crippen LogP contribution in [0.25, 0.3) is 21.7 Å². The Morgan fingerprint density at radius 1 is 1.06 bits per heavy atom. The van der Waals surface area contributed by atoms with Gasteiger partial charge in [0, 0.05) is 44.4 Å². The van der Waals surface area contributed by atoms with Crippen molar-refractivity contribution >= 4 is 21.6 Å². The van der Waals surface area contributed by atoms with Gasteiger partial charge in [0.2, 0.25) is 0 Å². The first-order chi connectivity index (χ1) is 16.5. The quantitative estimate of drug-likeness (QED) is 0.411. The maximum Gasteiger partial charge on any atom is 0.257 e. The van der Waals surface area contributed by atoms with Crippen LogP contribution >= 0.6 is 11.3 Å². The predicted octanol–water partition coefficient (Wildman–Crippen LogP) is 3.52. The molecule has 4 aromatic rings. The van der Waals surface area contributed by atoms with Crippen molar-refractivity contribution < 1.29 is 14.4 Å². The van der Waals surface area contributed by atoms with Crippen molar-refractivity contribution in [2.75, 3.05) is 39.3 Å². The van der Waals surface area contributed by atoms with Gasteiger partial charge in [0.1, 0.15) is 18.5 Å². The minimum atomic E-state index is -0.548. The van der Waals surface area contributed by atoms with Gasteiger partial charge in [-0.3, -0.25) is 9.80 Å². The second kappa shape index (κ2) is 10.2. The lowest BCUT2D eigenvalue weighted by Crippen LogP contribution is -2.48. The van der Waals surface area contributed by atoms with E-state index in [2.05, 4.69) is 24.9 Å². The molecule has 1 atom stereocenters. The van der Waals surface area contributed by atoms with Crippen molar-refractivity contribution in [3.8, 4) is 17.2 Å². The van der Waals surface area contributed by atoms with Crippen molar-refractivity contribution in [3.05, 3.63) is 58.9 Å². The highest BCUT2D eigenvalue weighted by molar-refractivity contribution is 7.18. The number of fused-ring (bicyclic) bond motifs is 1. The molecule has 2 aromatic heterocycles. The summed E-state index contributed by atoms with van der Waals surface area (Å²) in [5, 5.41) is 15.7. The molecule has 0 bridgehead atoms. The summed E-state index contributed by atoms with van der Waals surface area (Å²) in [6, 6.07) is 14.0. The fourth-order valence-electron chi connectivity index (χ4n) is 4.20. The lowest BCUT2D eigenvalue weighted by molar-refractivity contribution is 0.0440. The van der Waals surface area contributed by atoms with Gasteiger partial charge in [0.25, 0.3) is 5.89 Å². The van der Waals surface area contributed by atoms with Crippen LogP contribution in [0.3, 0.4) is 0 Å². The predicted molar refractivity (Wildman–Crippen MR) is 132 cm³/mol. The van der Waals surface area contributed by atoms with Crippen LogP contribution in [0.5, 0.6) is 5.75 Å². The third-order valence-electron chi connectivity index (χ3n) is 5.94. The Labute approximate surface area is 202 Å². The molecule has 5 rings (SSSR count). The standard InChI is InChI=1S/C25H29N5O3S/c1-17-4-3-5-19(12-17)25-27-24(28-33-25)15-30-10-8-29(9-11-30)14-20(31)16-32-21-6-7-23-22(13-21)26-18(2)34-23/h3-7,12-13,20,31H,8-11,14-16H2,1-2H3/t20-/m1/s1. The summed E-state index contributed by atoms with van der Waals surface area (Å²) in [6.07, 6.45) is -0.548. The number of hydrogen-bond donors (Lipinski definition) is 1. The highest BCUT2D eigenvalue weighted by atomic mass is 32.1. The molecule has 0 saturated carbocycles. The molecule has 1 aliphatic rings. The molecule has 0 amide bonds. The maximum atomic E-state index is 10.5. The fraction of sp³-hybridized carbons (Fsp3) is 0.400. The molecule has 2 aromatic carbocycles. The number of rotatable bonds is 8. The molecule has 0 unspecified atom stereocenters. The van der Waals surface area contributed by atoms with Crippen LogP contribution in [0.1, 0.15) is 16.4 Å². The van der Waals surface area contributed by atoms with Crippen LogP contribution < -0.4 is 4.74 Å². The largest absolute Gasteiger partial charge is 0.491 e. The summed E-state index contributed by atoms with van der Waals surface area (Å²) < 4.78 is 12.4. The van der Waals surface area contributed by atoms with Crippen molar-refractivity contribution in [2.24, 2.45) is 0 Å². The molecule has 34 heavy (non-hydrogen) atoms. The zero-order valence-corrected chi connectivity index (χ0v) is 20.3. The average molecular weight is 480 g/mol. The number of aromatic nitrogens is 3. The Morgan fingerprint density at radius 3 is 2.71 bits per heavy atom. The minimum absolute atomic E-state index is 0.263. The number of hydrogen-bond acceptors (Lipinski definition) is 9. The first-order valence-corrected chi connectivity index (χ1v) is 12.4. The zero-order chi connectivity index (χ0) is 23.5. The number of β-amino-alcohol motifs (C(OH)–C–C–N with tert-alkyl or cyclic N) is 1. The maximum absolute atomic E-state index is 10.5. The van der Waals surface area contributed by atoms with E-state index in [1.807, 2.05) is 56.3 Å². The van der Waals surface area contributed by atoms with Crippen LogP contribution in [-0.2, 0) is 6.54 Å². The van der Waals surface area contributed by atoms with Crippen molar-refractivity contribution in [1.29, 1.82) is 0 Å². The molecule has 0 aliphatic carbocycles. The van der Waals surface area contributed by atoms with Gasteiger partial charge < -0.3 is 14.4 Å². The van der Waals surface area contributed by atoms with Crippen LogP contribution in [0, 0.1) is 13.8 Å². The lowest BCUT2D eigenvalue weighted by Gasteiger charge is -2.34. The molecule has 0 radical (unpaired) electrons. The Morgan fingerprint density at radius 2 is 1.88 bits per heavy atom. The Kier molecular flexibility index (Phi) is 6.87. The van der Waals surface area contributed by atoms with E-state index in [1.54, 1.807) is 11.3 Å². The van der Waals surface area contributed by atoms with Crippen LogP contribution in [-0.4, -0.2) is 75.5 Å². The fourth-order valence-corrected chi connectivity index (χ4v) is 5.01. The number of aryl methyl sites for hydroxylation is 2. The number of ether oxygens (including phenoxy) is 1. The molecule has 9 heteroatoms. The highest BCUT2D eigenvalue weighted by Gasteiger charge is 2.21. The molecular weight excluding hydrogens is 450 g/mol. The summed E-state index contributed by atoms with van der Waals surface area (Å²) >= 11 is 1.67. The molecule has 178 valence electrons. The normalized spacial score (nSPS) is 16.2. The second-order valence-corrected chi connectivity index (χ2v) is 10.0. The molecule has 0 spiro atoms. The third-order valence-corrected chi connectivity index (χ3v) is 6.89. The summed E-state index contributed by atoms with van der Waals surface area (Å²) in [7, 11) is 0. The zero-order valence-electron chi connectivity index (χ0n) is 19.5. The number of nitrogens with zero attached hydrogens (tertiary/aromatic N) is 5. The van der Waals surface area contributed by atoms with E-state index in [9.17, 15) is 5.11 Å². The van der Waals surface area contributed by atoms with Crippen LogP contribution in [0.15, 0.2) is 47.0 Å². The number of thiazole rings is 1. The summed E-state index contributed by atoms with van der Waals surface area (Å²) in [5.41, 5.74) is 3.05.